The summed E-state index contributed by atoms with van der Waals surface area (Å²) in [5.74, 6) is -0.116. The van der Waals surface area contributed by atoms with E-state index >= 15 is 0 Å². The smallest absolute Gasteiger partial charge is 0.255 e. The van der Waals surface area contributed by atoms with E-state index in [0.717, 1.165) is 29.9 Å². The molecule has 0 aliphatic carbocycles. The van der Waals surface area contributed by atoms with Gasteiger partial charge in [0.2, 0.25) is 0 Å². The van der Waals surface area contributed by atoms with Crippen LogP contribution < -0.4 is 10.2 Å². The molecule has 1 amide bonds. The fourth-order valence-electron chi connectivity index (χ4n) is 3.84. The number of likely N-dealkylation sites (N-methyl/N-ethyl adjacent to an activating group) is 1. The summed E-state index contributed by atoms with van der Waals surface area (Å²) < 4.78 is 0. The lowest BCUT2D eigenvalue weighted by molar-refractivity contribution is 0.102. The molecule has 0 radical (unpaired) electrons. The van der Waals surface area contributed by atoms with Crippen LogP contribution in [0.4, 0.5) is 11.4 Å². The number of hydrogen-bond donors (Lipinski definition) is 1. The molecule has 1 aliphatic rings. The lowest BCUT2D eigenvalue weighted by atomic mass is 10.0. The van der Waals surface area contributed by atoms with Crippen LogP contribution in [0.3, 0.4) is 0 Å². The van der Waals surface area contributed by atoms with Gasteiger partial charge in [-0.2, -0.15) is 0 Å². The number of amides is 1. The van der Waals surface area contributed by atoms with Gasteiger partial charge in [-0.1, -0.05) is 35.9 Å². The second kappa shape index (κ2) is 8.90. The normalized spacial score (nSPS) is 16.1. The number of halogens is 1. The molecule has 4 nitrogen and oxygen atoms in total. The summed E-state index contributed by atoms with van der Waals surface area (Å²) in [6.45, 7) is 2.10. The Hall–Kier alpha value is -2.82. The van der Waals surface area contributed by atoms with Crippen molar-refractivity contribution in [2.45, 2.75) is 12.5 Å². The number of carbonyl (C=O) groups is 1. The first-order valence-corrected chi connectivity index (χ1v) is 10.6. The zero-order valence-electron chi connectivity index (χ0n) is 17.3. The van der Waals surface area contributed by atoms with Crippen molar-refractivity contribution < 1.29 is 4.79 Å². The zero-order chi connectivity index (χ0) is 21.1. The van der Waals surface area contributed by atoms with E-state index in [9.17, 15) is 4.79 Å². The fraction of sp³-hybridized carbons (Fsp3) is 0.240. The number of hydrogen-bond acceptors (Lipinski definition) is 3. The summed E-state index contributed by atoms with van der Waals surface area (Å²) >= 11 is 6.07. The van der Waals surface area contributed by atoms with Crippen molar-refractivity contribution in [2.75, 3.05) is 37.4 Å². The maximum Gasteiger partial charge on any atom is 0.255 e. The first-order chi connectivity index (χ1) is 14.5. The molecule has 1 aliphatic heterocycles. The molecule has 3 aromatic carbocycles. The molecule has 3 aromatic rings. The van der Waals surface area contributed by atoms with Gasteiger partial charge in [0.15, 0.2) is 0 Å². The Morgan fingerprint density at radius 3 is 2.37 bits per heavy atom. The van der Waals surface area contributed by atoms with Crippen LogP contribution in [0.25, 0.3) is 11.1 Å². The van der Waals surface area contributed by atoms with Gasteiger partial charge in [-0.15, -0.1) is 0 Å². The summed E-state index contributed by atoms with van der Waals surface area (Å²) in [6.07, 6.45) is 1.18. The summed E-state index contributed by atoms with van der Waals surface area (Å²) in [5, 5.41) is 3.68. The van der Waals surface area contributed by atoms with E-state index in [0.29, 0.717) is 16.6 Å². The van der Waals surface area contributed by atoms with Gasteiger partial charge < -0.3 is 15.1 Å². The van der Waals surface area contributed by atoms with Crippen LogP contribution in [0, 0.1) is 0 Å². The molecule has 0 saturated carbocycles. The Morgan fingerprint density at radius 1 is 1.00 bits per heavy atom. The lowest BCUT2D eigenvalue weighted by Crippen LogP contribution is -2.31. The van der Waals surface area contributed by atoms with Crippen LogP contribution in [0.15, 0.2) is 72.8 Å². The third-order valence-corrected chi connectivity index (χ3v) is 5.92. The van der Waals surface area contributed by atoms with Gasteiger partial charge in [0, 0.05) is 41.1 Å². The minimum absolute atomic E-state index is 0.116. The third-order valence-electron chi connectivity index (χ3n) is 5.69. The Bertz CT molecular complexity index is 1020. The molecule has 1 saturated heterocycles. The molecule has 5 heteroatoms. The molecular formula is C25H26ClN3O. The Kier molecular flexibility index (Phi) is 6.07. The maximum atomic E-state index is 12.6. The van der Waals surface area contributed by atoms with Crippen LogP contribution in [0.2, 0.25) is 5.02 Å². The van der Waals surface area contributed by atoms with Gasteiger partial charge in [0.25, 0.3) is 5.91 Å². The monoisotopic (exact) mass is 419 g/mol. The summed E-state index contributed by atoms with van der Waals surface area (Å²) in [7, 11) is 4.27. The molecule has 154 valence electrons. The molecule has 0 bridgehead atoms. The maximum absolute atomic E-state index is 12.6. The number of nitrogens with one attached hydrogen (secondary N) is 1. The van der Waals surface area contributed by atoms with E-state index in [1.807, 2.05) is 60.7 Å². The van der Waals surface area contributed by atoms with E-state index in [1.54, 1.807) is 0 Å². The summed E-state index contributed by atoms with van der Waals surface area (Å²) in [5.41, 5.74) is 4.68. The predicted molar refractivity (Wildman–Crippen MR) is 126 cm³/mol. The largest absolute Gasteiger partial charge is 0.370 e. The molecule has 0 aromatic heterocycles. The van der Waals surface area contributed by atoms with Crippen LogP contribution >= 0.6 is 11.6 Å². The number of anilines is 2. The lowest BCUT2D eigenvalue weighted by Gasteiger charge is -2.22. The van der Waals surface area contributed by atoms with Crippen molar-refractivity contribution in [3.63, 3.8) is 0 Å². The van der Waals surface area contributed by atoms with Gasteiger partial charge >= 0.3 is 0 Å². The van der Waals surface area contributed by atoms with Gasteiger partial charge in [0.1, 0.15) is 0 Å². The van der Waals surface area contributed by atoms with Crippen LogP contribution in [-0.2, 0) is 0 Å². The van der Waals surface area contributed by atoms with Crippen molar-refractivity contribution in [3.8, 4) is 11.1 Å². The van der Waals surface area contributed by atoms with E-state index in [-0.39, 0.29) is 5.91 Å². The molecule has 30 heavy (non-hydrogen) atoms. The molecular weight excluding hydrogens is 394 g/mol. The van der Waals surface area contributed by atoms with Crippen molar-refractivity contribution in [1.29, 1.82) is 0 Å². The molecule has 1 unspecified atom stereocenters. The van der Waals surface area contributed by atoms with Gasteiger partial charge in [-0.25, -0.2) is 0 Å². The standard InChI is InChI=1S/C25H26ClN3O/c1-28(2)24-14-15-29(17-24)23-12-10-22(11-13-23)27-25(30)19-8-6-18(7-9-19)20-4-3-5-21(26)16-20/h3-13,16,24H,14-15,17H2,1-2H3,(H,27,30). The molecule has 1 heterocycles. The highest BCUT2D eigenvalue weighted by atomic mass is 35.5. The average Bonchev–Trinajstić information content (AvgIpc) is 3.25. The quantitative estimate of drug-likeness (QED) is 0.601. The SMILES string of the molecule is CN(C)C1CCN(c2ccc(NC(=O)c3ccc(-c4cccc(Cl)c4)cc3)cc2)C1. The second-order valence-corrected chi connectivity index (χ2v) is 8.38. The van der Waals surface area contributed by atoms with Crippen LogP contribution in [-0.4, -0.2) is 44.0 Å². The number of rotatable bonds is 5. The number of carbonyl (C=O) groups excluding carboxylic acids is 1. The highest BCUT2D eigenvalue weighted by molar-refractivity contribution is 6.30. The van der Waals surface area contributed by atoms with E-state index in [2.05, 4.69) is 41.3 Å². The molecule has 1 atom stereocenters. The van der Waals surface area contributed by atoms with Crippen LogP contribution in [0.5, 0.6) is 0 Å². The minimum Gasteiger partial charge on any atom is -0.370 e. The molecule has 0 spiro atoms. The van der Waals surface area contributed by atoms with E-state index < -0.39 is 0 Å². The topological polar surface area (TPSA) is 35.6 Å². The predicted octanol–water partition coefficient (Wildman–Crippen LogP) is 5.40. The fourth-order valence-corrected chi connectivity index (χ4v) is 4.03. The highest BCUT2D eigenvalue weighted by Gasteiger charge is 2.23. The molecule has 1 fully saturated rings. The first kappa shape index (κ1) is 20.5. The highest BCUT2D eigenvalue weighted by Crippen LogP contribution is 2.25. The summed E-state index contributed by atoms with van der Waals surface area (Å²) in [4.78, 5) is 17.3. The molecule has 4 rings (SSSR count). The number of nitrogens with zero attached hydrogens (tertiary/aromatic N) is 2. The minimum atomic E-state index is -0.116. The van der Waals surface area contributed by atoms with E-state index in [4.69, 9.17) is 11.6 Å². The van der Waals surface area contributed by atoms with Crippen molar-refractivity contribution >= 4 is 28.9 Å². The Labute approximate surface area is 183 Å². The number of benzene rings is 3. The van der Waals surface area contributed by atoms with Gasteiger partial charge in [-0.05, 0) is 80.2 Å². The van der Waals surface area contributed by atoms with Crippen molar-refractivity contribution in [3.05, 3.63) is 83.4 Å². The second-order valence-electron chi connectivity index (χ2n) is 7.94. The zero-order valence-corrected chi connectivity index (χ0v) is 18.1. The Morgan fingerprint density at radius 2 is 1.73 bits per heavy atom. The third kappa shape index (κ3) is 4.66. The average molecular weight is 420 g/mol. The van der Waals surface area contributed by atoms with Gasteiger partial charge in [0.05, 0.1) is 0 Å². The Balaban J connectivity index is 1.39. The van der Waals surface area contributed by atoms with E-state index in [1.165, 1.54) is 12.1 Å². The first-order valence-electron chi connectivity index (χ1n) is 10.2. The summed E-state index contributed by atoms with van der Waals surface area (Å²) in [6, 6.07) is 23.9. The van der Waals surface area contributed by atoms with Crippen LogP contribution in [0.1, 0.15) is 16.8 Å². The van der Waals surface area contributed by atoms with Gasteiger partial charge in [-0.3, -0.25) is 4.79 Å². The van der Waals surface area contributed by atoms with Crippen molar-refractivity contribution in [1.82, 2.24) is 4.90 Å². The van der Waals surface area contributed by atoms with Crippen molar-refractivity contribution in [2.24, 2.45) is 0 Å². The molecule has 1 N–H and O–H groups in total.